The van der Waals surface area contributed by atoms with E-state index in [-0.39, 0.29) is 29.7 Å². The molecule has 30 heavy (non-hydrogen) atoms. The maximum absolute atomic E-state index is 2.22. The molecule has 0 spiro atoms. The van der Waals surface area contributed by atoms with Crippen molar-refractivity contribution in [2.45, 2.75) is 179 Å². The Morgan fingerprint density at radius 2 is 0.433 bits per heavy atom. The molecular weight excluding hydrogens is 360 g/mol. The third-order valence-corrected chi connectivity index (χ3v) is 2.95. The van der Waals surface area contributed by atoms with Gasteiger partial charge < -0.3 is 0 Å². The van der Waals surface area contributed by atoms with Crippen LogP contribution in [0, 0.1) is 23.7 Å². The first-order chi connectivity index (χ1) is 11.9. The van der Waals surface area contributed by atoms with Crippen molar-refractivity contribution in [3.05, 3.63) is 0 Å². The van der Waals surface area contributed by atoms with Gasteiger partial charge in [-0.15, -0.1) is 0 Å². The largest absolute Gasteiger partial charge is 0.0776 e. The Hall–Kier alpha value is 0. The van der Waals surface area contributed by atoms with Gasteiger partial charge in [-0.05, 0) is 23.7 Å². The second-order valence-corrected chi connectivity index (χ2v) is 8.85. The molecular formula is C30H80. The fraction of sp³-hybridized carbons (Fsp3) is 1.00. The van der Waals surface area contributed by atoms with Gasteiger partial charge in [-0.3, -0.25) is 0 Å². The minimum atomic E-state index is 0. The summed E-state index contributed by atoms with van der Waals surface area (Å²) in [5.41, 5.74) is 0. The standard InChI is InChI=1S/3C5H12.2C4H10.C3H8.4CH4/c3*1-4-5(2)3;1-4(2)3;1-3-4-2;1-3-2;;;;/h3*5H,4H2,1-3H3;4H,1-3H3;3-4H2,1-2H3;3H2,1-2H3;4*1H4. The first kappa shape index (κ1) is 63.1. The minimum Gasteiger partial charge on any atom is -0.0776 e. The molecule has 0 radical (unpaired) electrons. The fourth-order valence-electron chi connectivity index (χ4n) is 0. The Bertz CT molecular complexity index is 118. The van der Waals surface area contributed by atoms with Crippen LogP contribution >= 0.6 is 0 Å². The summed E-state index contributed by atoms with van der Waals surface area (Å²) in [6.45, 7) is 35.0. The highest BCUT2D eigenvalue weighted by atomic mass is 13.9. The van der Waals surface area contributed by atoms with Crippen molar-refractivity contribution in [2.75, 3.05) is 0 Å². The molecule has 0 aliphatic heterocycles. The molecule has 0 atom stereocenters. The molecule has 0 aromatic heterocycles. The highest BCUT2D eigenvalue weighted by molar-refractivity contribution is 4.33. The molecule has 0 fully saturated rings. The van der Waals surface area contributed by atoms with E-state index in [0.29, 0.717) is 0 Å². The van der Waals surface area contributed by atoms with Crippen LogP contribution in [0.1, 0.15) is 179 Å². The van der Waals surface area contributed by atoms with Gasteiger partial charge in [-0.2, -0.15) is 0 Å². The molecule has 0 nitrogen and oxygen atoms in total. The van der Waals surface area contributed by atoms with Gasteiger partial charge in [-0.25, -0.2) is 0 Å². The third kappa shape index (κ3) is 417. The zero-order valence-corrected chi connectivity index (χ0v) is 22.6. The molecule has 0 heteroatoms. The fourth-order valence-corrected chi connectivity index (χ4v) is 0. The molecule has 0 aliphatic carbocycles. The molecule has 0 saturated heterocycles. The van der Waals surface area contributed by atoms with Crippen LogP contribution < -0.4 is 0 Å². The van der Waals surface area contributed by atoms with Crippen molar-refractivity contribution >= 4 is 0 Å². The Balaban J connectivity index is -0.0000000196. The first-order valence-corrected chi connectivity index (χ1v) is 11.9. The highest BCUT2D eigenvalue weighted by Crippen LogP contribution is 1.94. The molecule has 0 bridgehead atoms. The monoisotopic (exact) mass is 441 g/mol. The summed E-state index contributed by atoms with van der Waals surface area (Å²) < 4.78 is 0. The molecule has 0 unspecified atom stereocenters. The zero-order chi connectivity index (χ0) is 22.6. The van der Waals surface area contributed by atoms with Gasteiger partial charge in [0.1, 0.15) is 0 Å². The van der Waals surface area contributed by atoms with Gasteiger partial charge in [-0.1, -0.05) is 179 Å². The maximum Gasteiger partial charge on any atom is -0.0474 e. The van der Waals surface area contributed by atoms with Crippen LogP contribution in [0.3, 0.4) is 0 Å². The summed E-state index contributed by atoms with van der Waals surface area (Å²) in [5, 5.41) is 0. The van der Waals surface area contributed by atoms with Gasteiger partial charge in [0.25, 0.3) is 0 Å². The van der Waals surface area contributed by atoms with Crippen LogP contribution in [0.5, 0.6) is 0 Å². The predicted octanol–water partition coefficient (Wildman–Crippen LogP) is 13.6. The lowest BCUT2D eigenvalue weighted by molar-refractivity contribution is 0.626. The lowest BCUT2D eigenvalue weighted by Gasteiger charge is -1.90. The van der Waals surface area contributed by atoms with Crippen molar-refractivity contribution in [1.82, 2.24) is 0 Å². The van der Waals surface area contributed by atoms with Crippen molar-refractivity contribution < 1.29 is 0 Å². The molecule has 0 saturated carbocycles. The van der Waals surface area contributed by atoms with E-state index < -0.39 is 0 Å². The first-order valence-electron chi connectivity index (χ1n) is 11.9. The van der Waals surface area contributed by atoms with Gasteiger partial charge in [0.2, 0.25) is 0 Å². The van der Waals surface area contributed by atoms with Crippen LogP contribution in [0.2, 0.25) is 0 Å². The number of hydrogen-bond acceptors (Lipinski definition) is 0. The van der Waals surface area contributed by atoms with Crippen molar-refractivity contribution in [3.8, 4) is 0 Å². The SMILES string of the molecule is C.C.C.C.CC(C)C.CCC.CCC(C)C.CCC(C)C.CCC(C)C.CCCC. The number of rotatable bonds is 4. The molecule has 0 heterocycles. The summed E-state index contributed by atoms with van der Waals surface area (Å²) in [4.78, 5) is 0. The quantitative estimate of drug-likeness (QED) is 0.407. The van der Waals surface area contributed by atoms with Crippen LogP contribution in [-0.4, -0.2) is 0 Å². The Labute approximate surface area is 202 Å². The lowest BCUT2D eigenvalue weighted by atomic mass is 10.2. The number of hydrogen-bond donors (Lipinski definition) is 0. The van der Waals surface area contributed by atoms with E-state index in [0.717, 1.165) is 23.7 Å². The lowest BCUT2D eigenvalue weighted by Crippen LogP contribution is -1.77. The summed E-state index contributed by atoms with van der Waals surface area (Å²) >= 11 is 0. The Morgan fingerprint density at radius 1 is 0.367 bits per heavy atom. The predicted molar refractivity (Wildman–Crippen MR) is 159 cm³/mol. The third-order valence-electron chi connectivity index (χ3n) is 2.95. The zero-order valence-electron chi connectivity index (χ0n) is 22.6. The average Bonchev–Trinajstić information content (AvgIpc) is 2.56. The minimum absolute atomic E-state index is 0. The average molecular weight is 441 g/mol. The Morgan fingerprint density at radius 3 is 0.433 bits per heavy atom. The summed E-state index contributed by atoms with van der Waals surface area (Å²) in [6.07, 6.45) is 7.81. The van der Waals surface area contributed by atoms with Crippen molar-refractivity contribution in [2.24, 2.45) is 23.7 Å². The van der Waals surface area contributed by atoms with E-state index in [4.69, 9.17) is 0 Å². The molecule has 0 aromatic rings. The summed E-state index contributed by atoms with van der Waals surface area (Å²) in [7, 11) is 0. The van der Waals surface area contributed by atoms with E-state index in [1.807, 2.05) is 0 Å². The summed E-state index contributed by atoms with van der Waals surface area (Å²) in [5.74, 6) is 3.49. The van der Waals surface area contributed by atoms with E-state index in [2.05, 4.69) is 111 Å². The molecule has 0 amide bonds. The highest BCUT2D eigenvalue weighted by Gasteiger charge is 1.81. The van der Waals surface area contributed by atoms with Crippen LogP contribution in [0.4, 0.5) is 0 Å². The Kier molecular flexibility index (Phi) is 148. The van der Waals surface area contributed by atoms with Crippen LogP contribution in [-0.2, 0) is 0 Å². The molecule has 0 N–H and O–H groups in total. The second-order valence-electron chi connectivity index (χ2n) is 8.85. The maximum atomic E-state index is 2.22. The molecule has 0 aliphatic rings. The van der Waals surface area contributed by atoms with E-state index in [1.54, 1.807) is 0 Å². The van der Waals surface area contributed by atoms with E-state index >= 15 is 0 Å². The van der Waals surface area contributed by atoms with Gasteiger partial charge >= 0.3 is 0 Å². The van der Waals surface area contributed by atoms with Crippen LogP contribution in [0.15, 0.2) is 0 Å². The summed E-state index contributed by atoms with van der Waals surface area (Å²) in [6, 6.07) is 0. The van der Waals surface area contributed by atoms with E-state index in [1.165, 1.54) is 38.5 Å². The smallest absolute Gasteiger partial charge is 0.0474 e. The van der Waals surface area contributed by atoms with E-state index in [9.17, 15) is 0 Å². The molecule has 0 rings (SSSR count). The van der Waals surface area contributed by atoms with Crippen LogP contribution in [0.25, 0.3) is 0 Å². The molecule has 200 valence electrons. The topological polar surface area (TPSA) is 0 Å². The van der Waals surface area contributed by atoms with Gasteiger partial charge in [0.05, 0.1) is 0 Å². The second kappa shape index (κ2) is 70.2. The van der Waals surface area contributed by atoms with Crippen molar-refractivity contribution in [3.63, 3.8) is 0 Å². The number of unbranched alkanes of at least 4 members (excludes halogenated alkanes) is 1. The van der Waals surface area contributed by atoms with Gasteiger partial charge in [0, 0.05) is 0 Å². The normalized spacial score (nSPS) is 7.60. The molecule has 0 aromatic carbocycles. The van der Waals surface area contributed by atoms with Gasteiger partial charge in [0.15, 0.2) is 0 Å². The van der Waals surface area contributed by atoms with Crippen molar-refractivity contribution in [1.29, 1.82) is 0 Å².